The van der Waals surface area contributed by atoms with Crippen molar-refractivity contribution < 1.29 is 23.1 Å². The number of carbonyl (C=O) groups excluding carboxylic acids is 2. The van der Waals surface area contributed by atoms with Crippen molar-refractivity contribution in [1.82, 2.24) is 10.2 Å². The molecule has 0 spiro atoms. The Morgan fingerprint density at radius 3 is 3.00 bits per heavy atom. The topological polar surface area (TPSA) is 58.6 Å². The number of halogens is 2. The van der Waals surface area contributed by atoms with Crippen molar-refractivity contribution in [3.63, 3.8) is 0 Å². The molecule has 2 fully saturated rings. The van der Waals surface area contributed by atoms with Crippen LogP contribution in [0.5, 0.6) is 0 Å². The molecule has 2 heterocycles. The summed E-state index contributed by atoms with van der Waals surface area (Å²) in [5, 5.41) is 2.96. The molecule has 0 saturated carbocycles. The van der Waals surface area contributed by atoms with E-state index in [9.17, 15) is 18.4 Å². The van der Waals surface area contributed by atoms with Gasteiger partial charge in [0.25, 0.3) is 6.43 Å². The van der Waals surface area contributed by atoms with Gasteiger partial charge in [-0.05, 0) is 18.8 Å². The lowest BCUT2D eigenvalue weighted by molar-refractivity contribution is -0.136. The molecule has 0 radical (unpaired) electrons. The number of piperidine rings is 2. The van der Waals surface area contributed by atoms with Crippen molar-refractivity contribution in [3.8, 4) is 0 Å². The van der Waals surface area contributed by atoms with Gasteiger partial charge in [-0.25, -0.2) is 8.78 Å². The van der Waals surface area contributed by atoms with Gasteiger partial charge in [-0.15, -0.1) is 0 Å². The van der Waals surface area contributed by atoms with Gasteiger partial charge in [-0.3, -0.25) is 9.59 Å². The second kappa shape index (κ2) is 6.97. The van der Waals surface area contributed by atoms with E-state index < -0.39 is 13.0 Å². The summed E-state index contributed by atoms with van der Waals surface area (Å²) in [6, 6.07) is 0.176. The highest BCUT2D eigenvalue weighted by Crippen LogP contribution is 2.25. The summed E-state index contributed by atoms with van der Waals surface area (Å²) < 4.78 is 28.5. The summed E-state index contributed by atoms with van der Waals surface area (Å²) >= 11 is 0. The maximum Gasteiger partial charge on any atom is 0.261 e. The normalized spacial score (nSPS) is 26.4. The summed E-state index contributed by atoms with van der Waals surface area (Å²) in [6.45, 7) is 0.655. The molecule has 5 nitrogen and oxygen atoms in total. The van der Waals surface area contributed by atoms with E-state index in [0.29, 0.717) is 25.4 Å². The molecule has 2 rings (SSSR count). The van der Waals surface area contributed by atoms with Gasteiger partial charge in [0, 0.05) is 25.6 Å². The average molecular weight is 290 g/mol. The number of alkyl halides is 2. The molecule has 2 saturated heterocycles. The van der Waals surface area contributed by atoms with E-state index in [1.807, 2.05) is 0 Å². The third-order valence-electron chi connectivity index (χ3n) is 3.88. The molecule has 0 aromatic rings. The lowest BCUT2D eigenvalue weighted by atomic mass is 9.85. The summed E-state index contributed by atoms with van der Waals surface area (Å²) in [6.07, 6.45) is -0.272. The van der Waals surface area contributed by atoms with E-state index >= 15 is 0 Å². The first kappa shape index (κ1) is 15.2. The van der Waals surface area contributed by atoms with Crippen molar-refractivity contribution in [2.75, 3.05) is 26.3 Å². The van der Waals surface area contributed by atoms with Gasteiger partial charge in [0.1, 0.15) is 6.61 Å². The van der Waals surface area contributed by atoms with Gasteiger partial charge in [0.15, 0.2) is 0 Å². The Labute approximate surface area is 116 Å². The van der Waals surface area contributed by atoms with E-state index in [0.717, 1.165) is 12.8 Å². The number of hydrogen-bond donors (Lipinski definition) is 1. The van der Waals surface area contributed by atoms with Gasteiger partial charge in [0.05, 0.1) is 13.0 Å². The third kappa shape index (κ3) is 4.13. The highest BCUT2D eigenvalue weighted by atomic mass is 19.3. The molecule has 2 atom stereocenters. The molecule has 114 valence electrons. The Balaban J connectivity index is 1.71. The average Bonchev–Trinajstić information content (AvgIpc) is 2.42. The minimum atomic E-state index is -2.49. The lowest BCUT2D eigenvalue weighted by Crippen LogP contribution is -2.55. The summed E-state index contributed by atoms with van der Waals surface area (Å²) in [4.78, 5) is 25.0. The molecular weight excluding hydrogens is 270 g/mol. The van der Waals surface area contributed by atoms with E-state index in [4.69, 9.17) is 4.74 Å². The Hall–Kier alpha value is -1.24. The van der Waals surface area contributed by atoms with Crippen LogP contribution in [-0.4, -0.2) is 55.5 Å². The molecule has 0 aromatic carbocycles. The number of hydrogen-bond acceptors (Lipinski definition) is 3. The number of rotatable bonds is 5. The van der Waals surface area contributed by atoms with E-state index in [1.165, 1.54) is 0 Å². The van der Waals surface area contributed by atoms with Crippen LogP contribution in [0.25, 0.3) is 0 Å². The largest absolute Gasteiger partial charge is 0.375 e. The first-order valence-corrected chi connectivity index (χ1v) is 6.99. The molecule has 2 aliphatic rings. The Bertz CT molecular complexity index is 366. The number of fused-ring (bicyclic) bond motifs is 1. The second-order valence-electron chi connectivity index (χ2n) is 5.32. The van der Waals surface area contributed by atoms with Crippen LogP contribution < -0.4 is 5.32 Å². The number of carbonyl (C=O) groups is 2. The molecule has 2 unspecified atom stereocenters. The van der Waals surface area contributed by atoms with Crippen LogP contribution >= 0.6 is 0 Å². The molecule has 0 aromatic heterocycles. The molecule has 1 N–H and O–H groups in total. The highest BCUT2D eigenvalue weighted by molar-refractivity contribution is 5.78. The van der Waals surface area contributed by atoms with Crippen molar-refractivity contribution in [1.29, 1.82) is 0 Å². The molecule has 2 amide bonds. The predicted molar refractivity (Wildman–Crippen MR) is 67.3 cm³/mol. The fourth-order valence-corrected chi connectivity index (χ4v) is 2.83. The molecule has 0 bridgehead atoms. The minimum Gasteiger partial charge on any atom is -0.375 e. The highest BCUT2D eigenvalue weighted by Gasteiger charge is 2.34. The van der Waals surface area contributed by atoms with Crippen molar-refractivity contribution in [2.45, 2.75) is 38.2 Å². The zero-order valence-corrected chi connectivity index (χ0v) is 11.3. The van der Waals surface area contributed by atoms with E-state index in [2.05, 4.69) is 5.32 Å². The first-order chi connectivity index (χ1) is 9.56. The maximum atomic E-state index is 12.0. The minimum absolute atomic E-state index is 0.0322. The van der Waals surface area contributed by atoms with Crippen LogP contribution in [0.1, 0.15) is 25.7 Å². The Kier molecular flexibility index (Phi) is 5.28. The monoisotopic (exact) mass is 290 g/mol. The maximum absolute atomic E-state index is 12.0. The lowest BCUT2D eigenvalue weighted by Gasteiger charge is -2.41. The first-order valence-electron chi connectivity index (χ1n) is 6.99. The molecule has 20 heavy (non-hydrogen) atoms. The molecule has 0 aliphatic carbocycles. The quantitative estimate of drug-likeness (QED) is 0.761. The van der Waals surface area contributed by atoms with Crippen molar-refractivity contribution in [2.24, 2.45) is 5.92 Å². The Morgan fingerprint density at radius 2 is 2.25 bits per heavy atom. The fourth-order valence-electron chi connectivity index (χ4n) is 2.83. The van der Waals surface area contributed by atoms with Gasteiger partial charge in [-0.2, -0.15) is 0 Å². The Morgan fingerprint density at radius 1 is 1.45 bits per heavy atom. The second-order valence-corrected chi connectivity index (χ2v) is 5.32. The molecular formula is C13H20F2N2O3. The van der Waals surface area contributed by atoms with E-state index in [-0.39, 0.29) is 30.9 Å². The third-order valence-corrected chi connectivity index (χ3v) is 3.88. The number of ether oxygens (including phenoxy) is 1. The van der Waals surface area contributed by atoms with Crippen molar-refractivity contribution >= 4 is 11.8 Å². The van der Waals surface area contributed by atoms with Crippen LogP contribution in [0.4, 0.5) is 8.78 Å². The van der Waals surface area contributed by atoms with E-state index in [1.54, 1.807) is 4.90 Å². The van der Waals surface area contributed by atoms with Crippen LogP contribution in [-0.2, 0) is 14.3 Å². The van der Waals surface area contributed by atoms with Crippen LogP contribution in [0.15, 0.2) is 0 Å². The van der Waals surface area contributed by atoms with Crippen LogP contribution in [0, 0.1) is 5.92 Å². The number of likely N-dealkylation sites (tertiary alicyclic amines) is 1. The zero-order valence-electron chi connectivity index (χ0n) is 11.3. The molecule has 2 aliphatic heterocycles. The number of nitrogens with zero attached hydrogens (tertiary/aromatic N) is 1. The zero-order chi connectivity index (χ0) is 14.5. The van der Waals surface area contributed by atoms with Gasteiger partial charge in [0.2, 0.25) is 11.8 Å². The van der Waals surface area contributed by atoms with Gasteiger partial charge >= 0.3 is 0 Å². The van der Waals surface area contributed by atoms with Gasteiger partial charge < -0.3 is 15.0 Å². The fraction of sp³-hybridized carbons (Fsp3) is 0.846. The summed E-state index contributed by atoms with van der Waals surface area (Å²) in [5.41, 5.74) is 0. The van der Waals surface area contributed by atoms with Crippen molar-refractivity contribution in [3.05, 3.63) is 0 Å². The van der Waals surface area contributed by atoms with Gasteiger partial charge in [-0.1, -0.05) is 0 Å². The van der Waals surface area contributed by atoms with Crippen LogP contribution in [0.2, 0.25) is 0 Å². The smallest absolute Gasteiger partial charge is 0.261 e. The number of amides is 2. The molecule has 7 heteroatoms. The predicted octanol–water partition coefficient (Wildman–Crippen LogP) is 0.785. The number of nitrogens with one attached hydrogen (secondary N) is 1. The van der Waals surface area contributed by atoms with Crippen LogP contribution in [0.3, 0.4) is 0 Å². The standard InChI is InChI=1S/C13H20F2N2O3/c14-11(15)8-20-6-4-13(19)17-5-3-10-9(7-17)1-2-12(18)16-10/h9-11H,1-8H2,(H,16,18). The summed E-state index contributed by atoms with van der Waals surface area (Å²) in [5.74, 6) is 0.341. The SMILES string of the molecule is O=C1CCC2CN(C(=O)CCOCC(F)F)CCC2N1. The summed E-state index contributed by atoms with van der Waals surface area (Å²) in [7, 11) is 0.